The molecule has 20 heavy (non-hydrogen) atoms. The molecule has 0 amide bonds. The Labute approximate surface area is 119 Å². The second-order valence-corrected chi connectivity index (χ2v) is 5.73. The second kappa shape index (κ2) is 6.84. The van der Waals surface area contributed by atoms with E-state index >= 15 is 0 Å². The quantitative estimate of drug-likeness (QED) is 0.545. The Bertz CT molecular complexity index is 424. The first kappa shape index (κ1) is 15.0. The zero-order valence-electron chi connectivity index (χ0n) is 11.8. The third-order valence-electron chi connectivity index (χ3n) is 4.03. The van der Waals surface area contributed by atoms with Crippen molar-refractivity contribution in [2.24, 2.45) is 11.8 Å². The van der Waals surface area contributed by atoms with Crippen molar-refractivity contribution >= 4 is 11.8 Å². The van der Waals surface area contributed by atoms with Crippen LogP contribution in [0.25, 0.3) is 0 Å². The normalized spacial score (nSPS) is 38.9. The molecule has 0 aromatic heterocycles. The van der Waals surface area contributed by atoms with Gasteiger partial charge < -0.3 is 9.84 Å². The van der Waals surface area contributed by atoms with E-state index in [0.717, 1.165) is 19.3 Å². The number of aliphatic hydroxyl groups excluding tert-OH is 1. The van der Waals surface area contributed by atoms with Crippen LogP contribution in [0.4, 0.5) is 0 Å². The van der Waals surface area contributed by atoms with Gasteiger partial charge in [0.05, 0.1) is 12.2 Å². The standard InChI is InChI=1S/C16H22O4/c1-11-5-3-2-4-6-12-9-13(17)10-14(12)15(18)7-8-16(19)20-11/h4,6-8,11-12,14-15,18H,2-3,5,9-10H2,1H3/b6-4-,8-7+/t11-,12+,14+,15+/m0/s1. The molecule has 110 valence electrons. The maximum atomic E-state index is 11.6. The predicted octanol–water partition coefficient (Wildman–Crippen LogP) is 2.17. The molecule has 2 rings (SSSR count). The Morgan fingerprint density at radius 3 is 2.85 bits per heavy atom. The number of carbonyl (C=O) groups excluding carboxylic acids is 2. The molecule has 1 N–H and O–H groups in total. The largest absolute Gasteiger partial charge is 0.460 e. The summed E-state index contributed by atoms with van der Waals surface area (Å²) in [6.07, 6.45) is 9.53. The highest BCUT2D eigenvalue weighted by Crippen LogP contribution is 2.33. The van der Waals surface area contributed by atoms with Gasteiger partial charge in [0.2, 0.25) is 0 Å². The molecule has 4 heteroatoms. The van der Waals surface area contributed by atoms with E-state index in [9.17, 15) is 14.7 Å². The zero-order valence-corrected chi connectivity index (χ0v) is 11.8. The summed E-state index contributed by atoms with van der Waals surface area (Å²) in [5, 5.41) is 10.2. The first-order valence-corrected chi connectivity index (χ1v) is 7.31. The number of Topliss-reactive ketones (excluding diaryl/α,β-unsaturated/α-hetero) is 1. The lowest BCUT2D eigenvalue weighted by atomic mass is 9.90. The fraction of sp³-hybridized carbons (Fsp3) is 0.625. The number of carbonyl (C=O) groups is 2. The van der Waals surface area contributed by atoms with Crippen LogP contribution in [-0.2, 0) is 14.3 Å². The molecule has 1 saturated carbocycles. The number of rotatable bonds is 0. The minimum Gasteiger partial charge on any atom is -0.460 e. The number of cyclic esters (lactones) is 1. The monoisotopic (exact) mass is 278 g/mol. The van der Waals surface area contributed by atoms with E-state index in [2.05, 4.69) is 12.2 Å². The first-order chi connectivity index (χ1) is 9.56. The number of fused-ring (bicyclic) bond motifs is 1. The molecule has 0 aromatic rings. The van der Waals surface area contributed by atoms with Crippen LogP contribution in [0.5, 0.6) is 0 Å². The third-order valence-corrected chi connectivity index (χ3v) is 4.03. The summed E-state index contributed by atoms with van der Waals surface area (Å²) >= 11 is 0. The molecule has 0 saturated heterocycles. The zero-order chi connectivity index (χ0) is 14.5. The van der Waals surface area contributed by atoms with Gasteiger partial charge in [-0.3, -0.25) is 4.79 Å². The lowest BCUT2D eigenvalue weighted by Crippen LogP contribution is -2.21. The van der Waals surface area contributed by atoms with E-state index in [1.165, 1.54) is 12.2 Å². The van der Waals surface area contributed by atoms with Crippen molar-refractivity contribution in [2.75, 3.05) is 0 Å². The highest BCUT2D eigenvalue weighted by molar-refractivity contribution is 5.83. The third kappa shape index (κ3) is 4.04. The van der Waals surface area contributed by atoms with Crippen LogP contribution in [0.2, 0.25) is 0 Å². The van der Waals surface area contributed by atoms with E-state index in [1.807, 2.05) is 6.92 Å². The molecule has 4 nitrogen and oxygen atoms in total. The maximum absolute atomic E-state index is 11.6. The number of ether oxygens (including phenoxy) is 1. The van der Waals surface area contributed by atoms with Gasteiger partial charge in [-0.05, 0) is 38.2 Å². The van der Waals surface area contributed by atoms with Crippen LogP contribution in [0.15, 0.2) is 24.3 Å². The smallest absolute Gasteiger partial charge is 0.330 e. The molecule has 0 bridgehead atoms. The number of hydrogen-bond acceptors (Lipinski definition) is 4. The first-order valence-electron chi connectivity index (χ1n) is 7.31. The number of aliphatic hydroxyl groups is 1. The van der Waals surface area contributed by atoms with Crippen molar-refractivity contribution in [1.82, 2.24) is 0 Å². The van der Waals surface area contributed by atoms with Gasteiger partial charge in [0, 0.05) is 24.8 Å². The highest BCUT2D eigenvalue weighted by atomic mass is 16.5. The van der Waals surface area contributed by atoms with Crippen LogP contribution >= 0.6 is 0 Å². The van der Waals surface area contributed by atoms with Crippen molar-refractivity contribution in [3.63, 3.8) is 0 Å². The van der Waals surface area contributed by atoms with Gasteiger partial charge >= 0.3 is 5.97 Å². The molecule has 1 fully saturated rings. The summed E-state index contributed by atoms with van der Waals surface area (Å²) in [6.45, 7) is 1.87. The van der Waals surface area contributed by atoms with E-state index < -0.39 is 12.1 Å². The molecule has 0 spiro atoms. The molecule has 2 aliphatic rings. The van der Waals surface area contributed by atoms with Gasteiger partial charge in [0.1, 0.15) is 5.78 Å². The number of esters is 1. The molecule has 0 unspecified atom stereocenters. The van der Waals surface area contributed by atoms with Crippen molar-refractivity contribution < 1.29 is 19.4 Å². The Morgan fingerprint density at radius 2 is 2.05 bits per heavy atom. The summed E-state index contributed by atoms with van der Waals surface area (Å²) in [7, 11) is 0. The maximum Gasteiger partial charge on any atom is 0.330 e. The van der Waals surface area contributed by atoms with Crippen molar-refractivity contribution in [3.05, 3.63) is 24.3 Å². The lowest BCUT2D eigenvalue weighted by molar-refractivity contribution is -0.142. The summed E-state index contributed by atoms with van der Waals surface area (Å²) in [6, 6.07) is 0. The van der Waals surface area contributed by atoms with Gasteiger partial charge in [-0.15, -0.1) is 0 Å². The average molecular weight is 278 g/mol. The van der Waals surface area contributed by atoms with E-state index in [-0.39, 0.29) is 23.7 Å². The van der Waals surface area contributed by atoms with Crippen LogP contribution in [0.3, 0.4) is 0 Å². The van der Waals surface area contributed by atoms with Crippen molar-refractivity contribution in [3.8, 4) is 0 Å². The van der Waals surface area contributed by atoms with Crippen molar-refractivity contribution in [1.29, 1.82) is 0 Å². The molecule has 0 aromatic carbocycles. The summed E-state index contributed by atoms with van der Waals surface area (Å²) in [4.78, 5) is 23.2. The number of allylic oxidation sites excluding steroid dienone is 2. The summed E-state index contributed by atoms with van der Waals surface area (Å²) in [5.74, 6) is -0.289. The fourth-order valence-electron chi connectivity index (χ4n) is 2.91. The minimum absolute atomic E-state index is 0.0800. The summed E-state index contributed by atoms with van der Waals surface area (Å²) < 4.78 is 5.22. The van der Waals surface area contributed by atoms with Gasteiger partial charge in [0.25, 0.3) is 0 Å². The molecule has 0 radical (unpaired) electrons. The highest BCUT2D eigenvalue weighted by Gasteiger charge is 2.35. The lowest BCUT2D eigenvalue weighted by Gasteiger charge is -2.19. The number of hydrogen-bond donors (Lipinski definition) is 1. The molecular weight excluding hydrogens is 256 g/mol. The number of ketones is 1. The Balaban J connectivity index is 2.13. The Morgan fingerprint density at radius 1 is 1.25 bits per heavy atom. The van der Waals surface area contributed by atoms with Crippen LogP contribution in [-0.4, -0.2) is 29.1 Å². The van der Waals surface area contributed by atoms with Gasteiger partial charge in [-0.2, -0.15) is 0 Å². The van der Waals surface area contributed by atoms with E-state index in [1.54, 1.807) is 0 Å². The molecule has 1 heterocycles. The molecule has 1 aliphatic heterocycles. The van der Waals surface area contributed by atoms with Crippen LogP contribution < -0.4 is 0 Å². The van der Waals surface area contributed by atoms with Gasteiger partial charge in [0.15, 0.2) is 0 Å². The van der Waals surface area contributed by atoms with E-state index in [4.69, 9.17) is 4.74 Å². The molecular formula is C16H22O4. The summed E-state index contributed by atoms with van der Waals surface area (Å²) in [5.41, 5.74) is 0. The topological polar surface area (TPSA) is 63.6 Å². The second-order valence-electron chi connectivity index (χ2n) is 5.73. The van der Waals surface area contributed by atoms with Crippen molar-refractivity contribution in [2.45, 2.75) is 51.2 Å². The van der Waals surface area contributed by atoms with Crippen LogP contribution in [0, 0.1) is 11.8 Å². The van der Waals surface area contributed by atoms with Crippen LogP contribution in [0.1, 0.15) is 39.0 Å². The molecule has 1 aliphatic carbocycles. The van der Waals surface area contributed by atoms with E-state index in [0.29, 0.717) is 12.8 Å². The van der Waals surface area contributed by atoms with Gasteiger partial charge in [-0.1, -0.05) is 12.2 Å². The Kier molecular flexibility index (Phi) is 5.12. The predicted molar refractivity (Wildman–Crippen MR) is 74.9 cm³/mol. The minimum atomic E-state index is -0.778. The fourth-order valence-corrected chi connectivity index (χ4v) is 2.91. The van der Waals surface area contributed by atoms with Gasteiger partial charge in [-0.25, -0.2) is 4.79 Å². The average Bonchev–Trinajstić information content (AvgIpc) is 2.76. The molecule has 4 atom stereocenters. The Hall–Kier alpha value is -1.42. The SMILES string of the molecule is C[C@H]1CCC/C=C\[C@@H]2CC(=O)C[C@H]2[C@H](O)/C=C/C(=O)O1.